The average molecular weight is 499 g/mol. The quantitative estimate of drug-likeness (QED) is 0.267. The van der Waals surface area contributed by atoms with Crippen LogP contribution in [0.2, 0.25) is 0 Å². The van der Waals surface area contributed by atoms with Crippen molar-refractivity contribution < 1.29 is 9.47 Å². The number of nitrogens with one attached hydrogen (secondary N) is 1. The lowest BCUT2D eigenvalue weighted by Gasteiger charge is -2.30. The van der Waals surface area contributed by atoms with Gasteiger partial charge in [-0.1, -0.05) is 36.4 Å². The summed E-state index contributed by atoms with van der Waals surface area (Å²) in [6, 6.07) is 10.7. The highest BCUT2D eigenvalue weighted by Gasteiger charge is 2.16. The first kappa shape index (κ1) is 23.2. The second-order valence-corrected chi connectivity index (χ2v) is 7.06. The topological polar surface area (TPSA) is 46.1 Å². The van der Waals surface area contributed by atoms with Gasteiger partial charge < -0.3 is 19.7 Å². The summed E-state index contributed by atoms with van der Waals surface area (Å²) in [4.78, 5) is 7.16. The molecule has 5 nitrogen and oxygen atoms in total. The van der Waals surface area contributed by atoms with E-state index in [4.69, 9.17) is 14.5 Å². The number of aliphatic imine (C=N–C) groups is 1. The van der Waals surface area contributed by atoms with E-state index in [2.05, 4.69) is 53.5 Å². The summed E-state index contributed by atoms with van der Waals surface area (Å²) in [7, 11) is 0. The van der Waals surface area contributed by atoms with Gasteiger partial charge in [0.05, 0.1) is 6.10 Å². The van der Waals surface area contributed by atoms with Gasteiger partial charge in [-0.05, 0) is 43.7 Å². The van der Waals surface area contributed by atoms with Gasteiger partial charge in [0.1, 0.15) is 0 Å². The molecule has 0 spiro atoms. The van der Waals surface area contributed by atoms with Crippen LogP contribution in [0.4, 0.5) is 0 Å². The van der Waals surface area contributed by atoms with Gasteiger partial charge >= 0.3 is 0 Å². The molecule has 0 bridgehead atoms. The minimum Gasteiger partial charge on any atom is -0.381 e. The molecule has 1 saturated heterocycles. The lowest BCUT2D eigenvalue weighted by molar-refractivity contribution is -0.0318. The molecule has 0 atom stereocenters. The van der Waals surface area contributed by atoms with Gasteiger partial charge in [-0.3, -0.25) is 4.99 Å². The molecule has 6 heteroatoms. The number of guanidine groups is 1. The van der Waals surface area contributed by atoms with Gasteiger partial charge in [0.15, 0.2) is 5.96 Å². The Morgan fingerprint density at radius 3 is 2.71 bits per heavy atom. The van der Waals surface area contributed by atoms with Gasteiger partial charge in [0.2, 0.25) is 0 Å². The summed E-state index contributed by atoms with van der Waals surface area (Å²) in [6.45, 7) is 8.19. The largest absolute Gasteiger partial charge is 0.381 e. The third-order valence-electron chi connectivity index (χ3n) is 5.07. The van der Waals surface area contributed by atoms with E-state index in [1.165, 1.54) is 11.1 Å². The number of hydrogen-bond donors (Lipinski definition) is 1. The van der Waals surface area contributed by atoms with Crippen molar-refractivity contribution in [1.29, 1.82) is 0 Å². The van der Waals surface area contributed by atoms with E-state index >= 15 is 0 Å². The molecular formula is C22H34IN3O2. The zero-order valence-electron chi connectivity index (χ0n) is 16.9. The Hall–Kier alpha value is -1.12. The normalized spacial score (nSPS) is 18.4. The number of nitrogens with zero attached hydrogens (tertiary/aromatic N) is 2. The summed E-state index contributed by atoms with van der Waals surface area (Å²) in [5, 5.41) is 3.44. The third-order valence-corrected chi connectivity index (χ3v) is 5.07. The van der Waals surface area contributed by atoms with Crippen molar-refractivity contribution in [2.45, 2.75) is 38.7 Å². The predicted octanol–water partition coefficient (Wildman–Crippen LogP) is 3.94. The van der Waals surface area contributed by atoms with Crippen LogP contribution in [-0.4, -0.2) is 63.0 Å². The summed E-state index contributed by atoms with van der Waals surface area (Å²) in [5.41, 5.74) is 2.77. The van der Waals surface area contributed by atoms with Crippen LogP contribution < -0.4 is 5.32 Å². The number of ether oxygens (including phenoxy) is 2. The maximum Gasteiger partial charge on any atom is 0.194 e. The second kappa shape index (κ2) is 13.2. The van der Waals surface area contributed by atoms with Crippen molar-refractivity contribution in [2.24, 2.45) is 4.99 Å². The van der Waals surface area contributed by atoms with Crippen molar-refractivity contribution in [1.82, 2.24) is 10.2 Å². The molecule has 2 aliphatic rings. The molecule has 2 heterocycles. The predicted molar refractivity (Wildman–Crippen MR) is 126 cm³/mol. The Morgan fingerprint density at radius 2 is 2.04 bits per heavy atom. The van der Waals surface area contributed by atoms with E-state index in [0.717, 1.165) is 77.6 Å². The number of hydrogen-bond acceptors (Lipinski definition) is 3. The molecular weight excluding hydrogens is 465 g/mol. The molecule has 0 unspecified atom stereocenters. The van der Waals surface area contributed by atoms with Crippen LogP contribution in [0.25, 0.3) is 5.57 Å². The van der Waals surface area contributed by atoms with Crippen LogP contribution in [0, 0.1) is 0 Å². The lowest BCUT2D eigenvalue weighted by Crippen LogP contribution is -2.43. The summed E-state index contributed by atoms with van der Waals surface area (Å²) < 4.78 is 11.3. The van der Waals surface area contributed by atoms with Crippen LogP contribution in [0.1, 0.15) is 38.2 Å². The van der Waals surface area contributed by atoms with Gasteiger partial charge in [0.25, 0.3) is 0 Å². The monoisotopic (exact) mass is 499 g/mol. The Balaban J connectivity index is 0.00000280. The molecule has 28 heavy (non-hydrogen) atoms. The molecule has 1 aromatic rings. The molecule has 1 N–H and O–H groups in total. The van der Waals surface area contributed by atoms with E-state index < -0.39 is 0 Å². The zero-order chi connectivity index (χ0) is 18.7. The van der Waals surface area contributed by atoms with E-state index in [-0.39, 0.29) is 24.0 Å². The van der Waals surface area contributed by atoms with Crippen LogP contribution in [0.15, 0.2) is 41.4 Å². The highest BCUT2D eigenvalue weighted by Crippen LogP contribution is 2.22. The molecule has 0 amide bonds. The van der Waals surface area contributed by atoms with Gasteiger partial charge in [-0.15, -0.1) is 24.0 Å². The highest BCUT2D eigenvalue weighted by molar-refractivity contribution is 14.0. The molecule has 0 radical (unpaired) electrons. The van der Waals surface area contributed by atoms with Crippen LogP contribution >= 0.6 is 24.0 Å². The SMILES string of the molecule is CCNC(=NCCCOC1CCOCC1)N1CC=C(c2ccccc2)CC1.I. The van der Waals surface area contributed by atoms with E-state index in [9.17, 15) is 0 Å². The van der Waals surface area contributed by atoms with Crippen molar-refractivity contribution in [3.63, 3.8) is 0 Å². The Morgan fingerprint density at radius 1 is 1.25 bits per heavy atom. The van der Waals surface area contributed by atoms with Crippen molar-refractivity contribution >= 4 is 35.5 Å². The van der Waals surface area contributed by atoms with Gasteiger partial charge in [-0.25, -0.2) is 0 Å². The fraction of sp³-hybridized carbons (Fsp3) is 0.591. The van der Waals surface area contributed by atoms with E-state index in [1.807, 2.05) is 0 Å². The van der Waals surface area contributed by atoms with Crippen LogP contribution in [0.3, 0.4) is 0 Å². The van der Waals surface area contributed by atoms with Crippen molar-refractivity contribution in [3.8, 4) is 0 Å². The Kier molecular flexibility index (Phi) is 10.9. The molecule has 156 valence electrons. The molecule has 0 aromatic heterocycles. The smallest absolute Gasteiger partial charge is 0.194 e. The number of halogens is 1. The van der Waals surface area contributed by atoms with Gasteiger partial charge in [-0.2, -0.15) is 0 Å². The fourth-order valence-corrected chi connectivity index (χ4v) is 3.54. The Bertz CT molecular complexity index is 615. The lowest BCUT2D eigenvalue weighted by atomic mass is 10.00. The second-order valence-electron chi connectivity index (χ2n) is 7.06. The number of rotatable bonds is 7. The van der Waals surface area contributed by atoms with E-state index in [0.29, 0.717) is 6.10 Å². The maximum absolute atomic E-state index is 5.94. The minimum atomic E-state index is 0. The first-order chi connectivity index (χ1) is 13.4. The summed E-state index contributed by atoms with van der Waals surface area (Å²) >= 11 is 0. The van der Waals surface area contributed by atoms with Crippen molar-refractivity contribution in [2.75, 3.05) is 46.0 Å². The maximum atomic E-state index is 5.94. The standard InChI is InChI=1S/C22H33N3O2.HI/c1-2-23-22(24-13-6-16-27-21-11-17-26-18-12-21)25-14-9-20(10-15-25)19-7-4-3-5-8-19;/h3-5,7-9,21H,2,6,10-18H2,1H3,(H,23,24);1H. The fourth-order valence-electron chi connectivity index (χ4n) is 3.54. The first-order valence-corrected chi connectivity index (χ1v) is 10.3. The average Bonchev–Trinajstić information content (AvgIpc) is 2.74. The third kappa shape index (κ3) is 7.37. The van der Waals surface area contributed by atoms with Crippen LogP contribution in [-0.2, 0) is 9.47 Å². The van der Waals surface area contributed by atoms with Gasteiger partial charge in [0, 0.05) is 46.0 Å². The molecule has 1 fully saturated rings. The van der Waals surface area contributed by atoms with Crippen LogP contribution in [0.5, 0.6) is 0 Å². The zero-order valence-corrected chi connectivity index (χ0v) is 19.3. The first-order valence-electron chi connectivity index (χ1n) is 10.3. The molecule has 0 aliphatic carbocycles. The molecule has 2 aliphatic heterocycles. The molecule has 3 rings (SSSR count). The summed E-state index contributed by atoms with van der Waals surface area (Å²) in [6.07, 6.45) is 6.78. The Labute approximate surface area is 186 Å². The summed E-state index contributed by atoms with van der Waals surface area (Å²) in [5.74, 6) is 1.02. The minimum absolute atomic E-state index is 0. The number of benzene rings is 1. The van der Waals surface area contributed by atoms with Crippen molar-refractivity contribution in [3.05, 3.63) is 42.0 Å². The molecule has 1 aromatic carbocycles. The molecule has 0 saturated carbocycles. The van der Waals surface area contributed by atoms with E-state index in [1.54, 1.807) is 0 Å². The highest BCUT2D eigenvalue weighted by atomic mass is 127.